The van der Waals surface area contributed by atoms with Gasteiger partial charge >= 0.3 is 0 Å². The summed E-state index contributed by atoms with van der Waals surface area (Å²) in [6, 6.07) is 5.91. The van der Waals surface area contributed by atoms with Crippen molar-refractivity contribution in [3.05, 3.63) is 29.8 Å². The number of fused-ring (bicyclic) bond motifs is 1. The van der Waals surface area contributed by atoms with Crippen molar-refractivity contribution in [1.29, 1.82) is 0 Å². The molecule has 1 aromatic carbocycles. The fourth-order valence-electron chi connectivity index (χ4n) is 2.10. The molecule has 0 aromatic heterocycles. The first kappa shape index (κ1) is 15.4. The molecule has 1 aliphatic heterocycles. The highest BCUT2D eigenvalue weighted by Gasteiger charge is 2.10. The Morgan fingerprint density at radius 1 is 1.29 bits per heavy atom. The van der Waals surface area contributed by atoms with Crippen LogP contribution in [-0.4, -0.2) is 25.7 Å². The van der Waals surface area contributed by atoms with Gasteiger partial charge in [-0.15, -0.1) is 0 Å². The van der Waals surface area contributed by atoms with Crippen molar-refractivity contribution in [2.75, 3.05) is 19.8 Å². The zero-order chi connectivity index (χ0) is 14.9. The van der Waals surface area contributed by atoms with E-state index >= 15 is 0 Å². The van der Waals surface area contributed by atoms with Crippen molar-refractivity contribution in [2.24, 2.45) is 0 Å². The molecule has 1 amide bonds. The van der Waals surface area contributed by atoms with Crippen LogP contribution in [0.1, 0.15) is 38.2 Å². The zero-order valence-electron chi connectivity index (χ0n) is 12.6. The Bertz CT molecular complexity index is 497. The topological polar surface area (TPSA) is 47.6 Å². The normalized spacial score (nSPS) is 13.4. The second-order valence-corrected chi connectivity index (χ2v) is 5.05. The number of ether oxygens (including phenoxy) is 2. The van der Waals surface area contributed by atoms with Gasteiger partial charge in [-0.05, 0) is 30.5 Å². The van der Waals surface area contributed by atoms with Crippen LogP contribution in [0.5, 0.6) is 11.5 Å². The van der Waals surface area contributed by atoms with Crippen molar-refractivity contribution in [1.82, 2.24) is 5.32 Å². The maximum Gasteiger partial charge on any atom is 0.220 e. The summed E-state index contributed by atoms with van der Waals surface area (Å²) in [7, 11) is 0. The van der Waals surface area contributed by atoms with E-state index in [4.69, 9.17) is 9.47 Å². The quantitative estimate of drug-likeness (QED) is 0.784. The van der Waals surface area contributed by atoms with Gasteiger partial charge in [0.15, 0.2) is 11.5 Å². The monoisotopic (exact) mass is 289 g/mol. The summed E-state index contributed by atoms with van der Waals surface area (Å²) in [6.45, 7) is 3.98. The van der Waals surface area contributed by atoms with E-state index in [9.17, 15) is 4.79 Å². The molecule has 114 valence electrons. The molecule has 21 heavy (non-hydrogen) atoms. The molecule has 0 atom stereocenters. The molecule has 1 N–H and O–H groups in total. The summed E-state index contributed by atoms with van der Waals surface area (Å²) >= 11 is 0. The highest BCUT2D eigenvalue weighted by Crippen LogP contribution is 2.31. The fourth-order valence-corrected chi connectivity index (χ4v) is 2.10. The number of amides is 1. The lowest BCUT2D eigenvalue weighted by atomic mass is 10.1. The van der Waals surface area contributed by atoms with Gasteiger partial charge in [0.05, 0.1) is 0 Å². The average molecular weight is 289 g/mol. The number of carbonyl (C=O) groups excluding carboxylic acids is 1. The summed E-state index contributed by atoms with van der Waals surface area (Å²) in [6.07, 6.45) is 7.56. The minimum absolute atomic E-state index is 0.143. The van der Waals surface area contributed by atoms with E-state index < -0.39 is 0 Å². The summed E-state index contributed by atoms with van der Waals surface area (Å²) < 4.78 is 11.0. The van der Waals surface area contributed by atoms with Crippen molar-refractivity contribution >= 4 is 12.0 Å². The number of rotatable bonds is 7. The van der Waals surface area contributed by atoms with Crippen molar-refractivity contribution in [3.63, 3.8) is 0 Å². The van der Waals surface area contributed by atoms with Crippen LogP contribution in [0.4, 0.5) is 0 Å². The lowest BCUT2D eigenvalue weighted by Gasteiger charge is -2.18. The fraction of sp³-hybridized carbons (Fsp3) is 0.471. The first-order chi connectivity index (χ1) is 10.3. The Morgan fingerprint density at radius 2 is 2.10 bits per heavy atom. The maximum atomic E-state index is 11.4. The summed E-state index contributed by atoms with van der Waals surface area (Å²) in [5, 5.41) is 2.92. The lowest BCUT2D eigenvalue weighted by Crippen LogP contribution is -2.23. The van der Waals surface area contributed by atoms with Crippen molar-refractivity contribution in [2.45, 2.75) is 32.6 Å². The highest BCUT2D eigenvalue weighted by atomic mass is 16.6. The van der Waals surface area contributed by atoms with Crippen LogP contribution in [0.2, 0.25) is 0 Å². The first-order valence-corrected chi connectivity index (χ1v) is 7.62. The van der Waals surface area contributed by atoms with E-state index in [2.05, 4.69) is 18.3 Å². The second-order valence-electron chi connectivity index (χ2n) is 5.05. The Balaban J connectivity index is 1.73. The molecule has 0 saturated carbocycles. The molecular formula is C17H23NO3. The molecule has 0 radical (unpaired) electrons. The van der Waals surface area contributed by atoms with Crippen LogP contribution < -0.4 is 14.8 Å². The summed E-state index contributed by atoms with van der Waals surface area (Å²) in [5.41, 5.74) is 1.08. The minimum Gasteiger partial charge on any atom is -0.486 e. The van der Waals surface area contributed by atoms with E-state index in [0.29, 0.717) is 26.2 Å². The van der Waals surface area contributed by atoms with E-state index in [0.717, 1.165) is 36.3 Å². The zero-order valence-corrected chi connectivity index (χ0v) is 12.6. The van der Waals surface area contributed by atoms with Gasteiger partial charge < -0.3 is 14.8 Å². The number of unbranched alkanes of at least 4 members (excludes halogenated alkanes) is 1. The van der Waals surface area contributed by atoms with Gasteiger partial charge in [-0.25, -0.2) is 0 Å². The first-order valence-electron chi connectivity index (χ1n) is 7.62. The van der Waals surface area contributed by atoms with Crippen LogP contribution in [0.25, 0.3) is 6.08 Å². The van der Waals surface area contributed by atoms with Crippen LogP contribution in [-0.2, 0) is 4.79 Å². The molecule has 0 fully saturated rings. The number of benzene rings is 1. The molecule has 0 bridgehead atoms. The third-order valence-corrected chi connectivity index (χ3v) is 3.27. The largest absolute Gasteiger partial charge is 0.486 e. The second kappa shape index (κ2) is 8.35. The Labute approximate surface area is 126 Å². The standard InChI is InChI=1S/C17H23NO3/c1-2-3-7-17(19)18-10-5-4-6-14-8-9-15-16(13-14)21-12-11-20-15/h4,6,8-9,13H,2-3,5,7,10-12H2,1H3,(H,18,19)/b6-4+. The number of carbonyl (C=O) groups is 1. The van der Waals surface area contributed by atoms with Crippen LogP contribution in [0, 0.1) is 0 Å². The third kappa shape index (κ3) is 5.14. The van der Waals surface area contributed by atoms with E-state index in [1.807, 2.05) is 24.3 Å². The van der Waals surface area contributed by atoms with E-state index in [-0.39, 0.29) is 5.91 Å². The molecule has 0 spiro atoms. The number of nitrogens with one attached hydrogen (secondary N) is 1. The summed E-state index contributed by atoms with van der Waals surface area (Å²) in [4.78, 5) is 11.4. The van der Waals surface area contributed by atoms with Gasteiger partial charge in [0, 0.05) is 13.0 Å². The molecule has 4 nitrogen and oxygen atoms in total. The predicted molar refractivity (Wildman–Crippen MR) is 83.6 cm³/mol. The van der Waals surface area contributed by atoms with E-state index in [1.165, 1.54) is 0 Å². The van der Waals surface area contributed by atoms with Crippen LogP contribution in [0.3, 0.4) is 0 Å². The van der Waals surface area contributed by atoms with Gasteiger partial charge in [-0.1, -0.05) is 31.6 Å². The number of hydrogen-bond acceptors (Lipinski definition) is 3. The van der Waals surface area contributed by atoms with Crippen LogP contribution >= 0.6 is 0 Å². The average Bonchev–Trinajstić information content (AvgIpc) is 2.52. The van der Waals surface area contributed by atoms with Crippen LogP contribution in [0.15, 0.2) is 24.3 Å². The molecule has 1 aliphatic rings. The molecule has 4 heteroatoms. The smallest absolute Gasteiger partial charge is 0.220 e. The Hall–Kier alpha value is -1.97. The van der Waals surface area contributed by atoms with Gasteiger partial charge in [0.1, 0.15) is 13.2 Å². The van der Waals surface area contributed by atoms with Crippen molar-refractivity contribution < 1.29 is 14.3 Å². The van der Waals surface area contributed by atoms with Crippen molar-refractivity contribution in [3.8, 4) is 11.5 Å². The van der Waals surface area contributed by atoms with Gasteiger partial charge in [0.2, 0.25) is 5.91 Å². The Morgan fingerprint density at radius 3 is 2.90 bits per heavy atom. The van der Waals surface area contributed by atoms with Gasteiger partial charge in [-0.2, -0.15) is 0 Å². The van der Waals surface area contributed by atoms with E-state index in [1.54, 1.807) is 0 Å². The third-order valence-electron chi connectivity index (χ3n) is 3.27. The molecular weight excluding hydrogens is 266 g/mol. The maximum absolute atomic E-state index is 11.4. The Kier molecular flexibility index (Phi) is 6.13. The predicted octanol–water partition coefficient (Wildman–Crippen LogP) is 3.17. The van der Waals surface area contributed by atoms with Gasteiger partial charge in [0.25, 0.3) is 0 Å². The number of hydrogen-bond donors (Lipinski definition) is 1. The highest BCUT2D eigenvalue weighted by molar-refractivity contribution is 5.75. The lowest BCUT2D eigenvalue weighted by molar-refractivity contribution is -0.121. The molecule has 0 saturated heterocycles. The minimum atomic E-state index is 0.143. The molecule has 1 aromatic rings. The molecule has 1 heterocycles. The molecule has 0 unspecified atom stereocenters. The van der Waals surface area contributed by atoms with Gasteiger partial charge in [-0.3, -0.25) is 4.79 Å². The molecule has 2 rings (SSSR count). The SMILES string of the molecule is CCCCC(=O)NCC/C=C/c1ccc2c(c1)OCCO2. The summed E-state index contributed by atoms with van der Waals surface area (Å²) in [5.74, 6) is 1.75. The molecule has 0 aliphatic carbocycles.